The van der Waals surface area contributed by atoms with Crippen LogP contribution in [0, 0.1) is 0 Å². The monoisotopic (exact) mass is 330 g/mol. The van der Waals surface area contributed by atoms with Crippen molar-refractivity contribution in [2.24, 2.45) is 0 Å². The normalized spacial score (nSPS) is 21.0. The Hall–Kier alpha value is -1.76. The zero-order valence-electron chi connectivity index (χ0n) is 14.4. The summed E-state index contributed by atoms with van der Waals surface area (Å²) in [7, 11) is 0. The number of rotatable bonds is 6. The van der Waals surface area contributed by atoms with Gasteiger partial charge in [0.2, 0.25) is 11.8 Å². The fourth-order valence-corrected chi connectivity index (χ4v) is 3.27. The highest BCUT2D eigenvalue weighted by Crippen LogP contribution is 2.19. The molecular weight excluding hydrogens is 304 g/mol. The Bertz CT molecular complexity index is 629. The van der Waals surface area contributed by atoms with Gasteiger partial charge in [-0.25, -0.2) is 0 Å². The number of aliphatic hydroxyl groups is 1. The predicted octanol–water partition coefficient (Wildman–Crippen LogP) is 2.01. The number of aromatic nitrogens is 2. The van der Waals surface area contributed by atoms with Crippen LogP contribution in [0.5, 0.6) is 0 Å². The molecule has 0 bridgehead atoms. The first-order valence-corrected chi connectivity index (χ1v) is 8.68. The lowest BCUT2D eigenvalue weighted by Crippen LogP contribution is -2.54. The van der Waals surface area contributed by atoms with Crippen molar-refractivity contribution < 1.29 is 9.52 Å². The topological polar surface area (TPSA) is 65.6 Å². The molecule has 1 fully saturated rings. The maximum Gasteiger partial charge on any atom is 0.247 e. The van der Waals surface area contributed by atoms with Gasteiger partial charge in [0, 0.05) is 37.8 Å². The molecule has 6 nitrogen and oxygen atoms in total. The van der Waals surface area contributed by atoms with E-state index in [0.29, 0.717) is 24.4 Å². The second-order valence-corrected chi connectivity index (χ2v) is 6.51. The maximum absolute atomic E-state index is 9.64. The van der Waals surface area contributed by atoms with Gasteiger partial charge in [-0.15, -0.1) is 10.2 Å². The van der Waals surface area contributed by atoms with Gasteiger partial charge in [0.25, 0.3) is 0 Å². The van der Waals surface area contributed by atoms with Crippen LogP contribution in [0.25, 0.3) is 11.5 Å². The molecule has 2 atom stereocenters. The van der Waals surface area contributed by atoms with Crippen LogP contribution in [0.4, 0.5) is 0 Å². The average molecular weight is 330 g/mol. The first-order valence-electron chi connectivity index (χ1n) is 8.68. The van der Waals surface area contributed by atoms with Gasteiger partial charge in [0.05, 0.1) is 12.6 Å². The van der Waals surface area contributed by atoms with Crippen LogP contribution in [0.1, 0.15) is 26.2 Å². The minimum Gasteiger partial charge on any atom is -0.419 e. The van der Waals surface area contributed by atoms with Gasteiger partial charge in [-0.2, -0.15) is 0 Å². The van der Waals surface area contributed by atoms with Crippen LogP contribution in [-0.4, -0.2) is 63.4 Å². The van der Waals surface area contributed by atoms with E-state index in [2.05, 4.69) is 26.9 Å². The molecule has 2 heterocycles. The van der Waals surface area contributed by atoms with Crippen molar-refractivity contribution in [3.05, 3.63) is 36.2 Å². The molecule has 1 aliphatic rings. The Morgan fingerprint density at radius 1 is 1.25 bits per heavy atom. The highest BCUT2D eigenvalue weighted by atomic mass is 16.4. The van der Waals surface area contributed by atoms with Gasteiger partial charge in [-0.3, -0.25) is 9.80 Å². The molecule has 0 spiro atoms. The Labute approximate surface area is 143 Å². The summed E-state index contributed by atoms with van der Waals surface area (Å²) in [6, 6.07) is 10.3. The lowest BCUT2D eigenvalue weighted by molar-refractivity contribution is 0.0309. The standard InChI is InChI=1S/C18H26N4O2/c1-3-16-12-21(9-10-22(16)11-14(2)23)13-17-19-20-18(24-17)15-7-5-4-6-8-15/h4-8,14,16,23H,3,9-13H2,1-2H3/t14-,16+/m1/s1. The number of benzene rings is 1. The quantitative estimate of drug-likeness (QED) is 0.874. The predicted molar refractivity (Wildman–Crippen MR) is 92.3 cm³/mol. The summed E-state index contributed by atoms with van der Waals surface area (Å²) in [6.45, 7) is 8.34. The minimum absolute atomic E-state index is 0.282. The molecule has 1 N–H and O–H groups in total. The van der Waals surface area contributed by atoms with Crippen molar-refractivity contribution in [3.8, 4) is 11.5 Å². The van der Waals surface area contributed by atoms with Gasteiger partial charge in [0.1, 0.15) is 0 Å². The zero-order chi connectivity index (χ0) is 16.9. The molecule has 6 heteroatoms. The van der Waals surface area contributed by atoms with Crippen molar-refractivity contribution in [1.29, 1.82) is 0 Å². The number of hydrogen-bond donors (Lipinski definition) is 1. The molecule has 1 aromatic heterocycles. The van der Waals surface area contributed by atoms with E-state index in [1.165, 1.54) is 0 Å². The van der Waals surface area contributed by atoms with E-state index in [-0.39, 0.29) is 6.10 Å². The Kier molecular flexibility index (Phi) is 5.60. The molecule has 1 saturated heterocycles. The van der Waals surface area contributed by atoms with Gasteiger partial charge < -0.3 is 9.52 Å². The molecule has 0 saturated carbocycles. The van der Waals surface area contributed by atoms with Crippen LogP contribution in [0.15, 0.2) is 34.7 Å². The van der Waals surface area contributed by atoms with Gasteiger partial charge in [-0.05, 0) is 25.5 Å². The Morgan fingerprint density at radius 3 is 2.75 bits per heavy atom. The van der Waals surface area contributed by atoms with Gasteiger partial charge >= 0.3 is 0 Å². The van der Waals surface area contributed by atoms with Gasteiger partial charge in [0.15, 0.2) is 0 Å². The molecule has 0 aliphatic carbocycles. The molecule has 2 aromatic rings. The van der Waals surface area contributed by atoms with Gasteiger partial charge in [-0.1, -0.05) is 25.1 Å². The third kappa shape index (κ3) is 4.20. The van der Waals surface area contributed by atoms with E-state index in [1.54, 1.807) is 0 Å². The Morgan fingerprint density at radius 2 is 2.04 bits per heavy atom. The number of nitrogens with zero attached hydrogens (tertiary/aromatic N) is 4. The molecule has 1 aromatic carbocycles. The van der Waals surface area contributed by atoms with Crippen molar-refractivity contribution in [2.75, 3.05) is 26.2 Å². The van der Waals surface area contributed by atoms with E-state index in [4.69, 9.17) is 4.42 Å². The largest absolute Gasteiger partial charge is 0.419 e. The second kappa shape index (κ2) is 7.88. The summed E-state index contributed by atoms with van der Waals surface area (Å²) in [4.78, 5) is 4.74. The van der Waals surface area contributed by atoms with E-state index in [1.807, 2.05) is 37.3 Å². The van der Waals surface area contributed by atoms with Crippen molar-refractivity contribution in [2.45, 2.75) is 39.0 Å². The molecule has 130 valence electrons. The van der Waals surface area contributed by atoms with E-state index in [9.17, 15) is 5.11 Å². The molecule has 3 rings (SSSR count). The lowest BCUT2D eigenvalue weighted by atomic mass is 10.1. The fourth-order valence-electron chi connectivity index (χ4n) is 3.27. The molecular formula is C18H26N4O2. The summed E-state index contributed by atoms with van der Waals surface area (Å²) in [6.07, 6.45) is 0.789. The van der Waals surface area contributed by atoms with Crippen LogP contribution in [0.2, 0.25) is 0 Å². The maximum atomic E-state index is 9.64. The van der Waals surface area contributed by atoms with Crippen LogP contribution >= 0.6 is 0 Å². The average Bonchev–Trinajstić information content (AvgIpc) is 3.05. The smallest absolute Gasteiger partial charge is 0.247 e. The zero-order valence-corrected chi connectivity index (χ0v) is 14.4. The fraction of sp³-hybridized carbons (Fsp3) is 0.556. The summed E-state index contributed by atoms with van der Waals surface area (Å²) in [5.74, 6) is 1.23. The van der Waals surface area contributed by atoms with Crippen LogP contribution < -0.4 is 0 Å². The molecule has 24 heavy (non-hydrogen) atoms. The summed E-state index contributed by atoms with van der Waals surface area (Å²) in [5, 5.41) is 18.0. The first kappa shape index (κ1) is 17.1. The molecule has 0 radical (unpaired) electrons. The highest BCUT2D eigenvalue weighted by molar-refractivity contribution is 5.51. The molecule has 0 unspecified atom stereocenters. The second-order valence-electron chi connectivity index (χ2n) is 6.51. The van der Waals surface area contributed by atoms with Crippen molar-refractivity contribution in [1.82, 2.24) is 20.0 Å². The number of β-amino-alcohol motifs (C(OH)–C–C–N with tert-alkyl or cyclic N) is 1. The highest BCUT2D eigenvalue weighted by Gasteiger charge is 2.27. The number of piperazine rings is 1. The first-order chi connectivity index (χ1) is 11.7. The summed E-state index contributed by atoms with van der Waals surface area (Å²) in [5.41, 5.74) is 0.949. The van der Waals surface area contributed by atoms with E-state index in [0.717, 1.165) is 38.2 Å². The van der Waals surface area contributed by atoms with Crippen LogP contribution in [0.3, 0.4) is 0 Å². The molecule has 0 amide bonds. The summed E-state index contributed by atoms with van der Waals surface area (Å²) < 4.78 is 5.82. The minimum atomic E-state index is -0.282. The Balaban J connectivity index is 1.60. The number of hydrogen-bond acceptors (Lipinski definition) is 6. The van der Waals surface area contributed by atoms with E-state index < -0.39 is 0 Å². The lowest BCUT2D eigenvalue weighted by Gasteiger charge is -2.41. The third-order valence-corrected chi connectivity index (χ3v) is 4.51. The van der Waals surface area contributed by atoms with Crippen LogP contribution in [-0.2, 0) is 6.54 Å². The SMILES string of the molecule is CC[C@H]1CN(Cc2nnc(-c3ccccc3)o2)CCN1C[C@@H](C)O. The third-order valence-electron chi connectivity index (χ3n) is 4.51. The van der Waals surface area contributed by atoms with E-state index >= 15 is 0 Å². The van der Waals surface area contributed by atoms with Crippen molar-refractivity contribution in [3.63, 3.8) is 0 Å². The van der Waals surface area contributed by atoms with Crippen molar-refractivity contribution >= 4 is 0 Å². The molecule has 1 aliphatic heterocycles. The summed E-state index contributed by atoms with van der Waals surface area (Å²) >= 11 is 0. The number of aliphatic hydroxyl groups excluding tert-OH is 1.